The Bertz CT molecular complexity index is 50.0. The molecule has 1 saturated heterocycles. The fourth-order valence-electron chi connectivity index (χ4n) is 0.795. The van der Waals surface area contributed by atoms with Crippen LogP contribution in [0, 0.1) is 0 Å². The van der Waals surface area contributed by atoms with Crippen LogP contribution in [0.25, 0.3) is 0 Å². The van der Waals surface area contributed by atoms with Crippen molar-refractivity contribution in [3.05, 3.63) is 0 Å². The Kier molecular flexibility index (Phi) is 1.65. The third-order valence-corrected chi connectivity index (χ3v) is 1.24. The molecule has 0 amide bonds. The van der Waals surface area contributed by atoms with Gasteiger partial charge in [0.1, 0.15) is 0 Å². The molecule has 0 aromatic carbocycles. The van der Waals surface area contributed by atoms with Crippen LogP contribution in [0.15, 0.2) is 0 Å². The van der Waals surface area contributed by atoms with Crippen molar-refractivity contribution >= 4 is 0 Å². The van der Waals surface area contributed by atoms with E-state index in [9.17, 15) is 0 Å². The Morgan fingerprint density at radius 3 is 2.71 bits per heavy atom. The van der Waals surface area contributed by atoms with Crippen molar-refractivity contribution in [3.63, 3.8) is 0 Å². The smallest absolute Gasteiger partial charge is 0.181 e. The summed E-state index contributed by atoms with van der Waals surface area (Å²) in [5, 5.41) is 0. The summed E-state index contributed by atoms with van der Waals surface area (Å²) >= 11 is 0. The van der Waals surface area contributed by atoms with Gasteiger partial charge in [0.25, 0.3) is 0 Å². The van der Waals surface area contributed by atoms with Gasteiger partial charge < -0.3 is 9.64 Å². The standard InChI is InChI=1S/C5H11NO/c1-6-3-2-4-7-5-6/h2-5H2,1H3/p+1. The average molecular weight is 102 g/mol. The fourth-order valence-corrected chi connectivity index (χ4v) is 0.795. The molecule has 1 fully saturated rings. The first-order valence-corrected chi connectivity index (χ1v) is 2.78. The minimum absolute atomic E-state index is 0.903. The summed E-state index contributed by atoms with van der Waals surface area (Å²) in [4.78, 5) is 1.49. The van der Waals surface area contributed by atoms with Crippen molar-refractivity contribution in [1.82, 2.24) is 0 Å². The second-order valence-corrected chi connectivity index (χ2v) is 2.11. The molecule has 0 bridgehead atoms. The van der Waals surface area contributed by atoms with Gasteiger partial charge in [0.2, 0.25) is 0 Å². The molecule has 0 saturated carbocycles. The van der Waals surface area contributed by atoms with Crippen molar-refractivity contribution in [2.75, 3.05) is 26.9 Å². The van der Waals surface area contributed by atoms with Crippen LogP contribution in [-0.2, 0) is 4.74 Å². The van der Waals surface area contributed by atoms with Crippen LogP contribution in [0.5, 0.6) is 0 Å². The Morgan fingerprint density at radius 1 is 1.57 bits per heavy atom. The minimum atomic E-state index is 0.903. The highest BCUT2D eigenvalue weighted by atomic mass is 16.5. The summed E-state index contributed by atoms with van der Waals surface area (Å²) in [6.45, 7) is 3.15. The van der Waals surface area contributed by atoms with Gasteiger partial charge in [-0.05, 0) is 0 Å². The minimum Gasteiger partial charge on any atom is -0.332 e. The molecular weight excluding hydrogens is 90.1 g/mol. The topological polar surface area (TPSA) is 13.7 Å². The summed E-state index contributed by atoms with van der Waals surface area (Å²) in [5.74, 6) is 0. The maximum absolute atomic E-state index is 5.14. The largest absolute Gasteiger partial charge is 0.332 e. The third-order valence-electron chi connectivity index (χ3n) is 1.24. The zero-order valence-electron chi connectivity index (χ0n) is 4.74. The van der Waals surface area contributed by atoms with E-state index in [0.29, 0.717) is 0 Å². The molecule has 0 aromatic heterocycles. The van der Waals surface area contributed by atoms with E-state index in [-0.39, 0.29) is 0 Å². The van der Waals surface area contributed by atoms with Gasteiger partial charge in [-0.15, -0.1) is 0 Å². The molecule has 1 atom stereocenters. The van der Waals surface area contributed by atoms with Crippen LogP contribution in [-0.4, -0.2) is 26.9 Å². The zero-order valence-corrected chi connectivity index (χ0v) is 4.74. The van der Waals surface area contributed by atoms with Gasteiger partial charge in [0.15, 0.2) is 6.73 Å². The molecule has 0 aliphatic carbocycles. The molecule has 42 valence electrons. The number of quaternary nitrogens is 1. The van der Waals surface area contributed by atoms with Crippen LogP contribution < -0.4 is 4.90 Å². The van der Waals surface area contributed by atoms with E-state index in [1.807, 2.05) is 0 Å². The Morgan fingerprint density at radius 2 is 2.43 bits per heavy atom. The number of hydrogen-bond donors (Lipinski definition) is 1. The Balaban J connectivity index is 2.12. The number of nitrogens with one attached hydrogen (secondary N) is 1. The SMILES string of the molecule is C[NH+]1CCCOC1. The molecule has 1 N–H and O–H groups in total. The molecule has 0 spiro atoms. The van der Waals surface area contributed by atoms with E-state index in [1.165, 1.54) is 17.9 Å². The lowest BCUT2D eigenvalue weighted by Gasteiger charge is -2.18. The Labute approximate surface area is 44.1 Å². The van der Waals surface area contributed by atoms with Gasteiger partial charge >= 0.3 is 0 Å². The monoisotopic (exact) mass is 102 g/mol. The second-order valence-electron chi connectivity index (χ2n) is 2.11. The highest BCUT2D eigenvalue weighted by Crippen LogP contribution is 1.79. The normalized spacial score (nSPS) is 33.0. The summed E-state index contributed by atoms with van der Waals surface area (Å²) < 4.78 is 5.14. The first-order chi connectivity index (χ1) is 3.39. The van der Waals surface area contributed by atoms with Gasteiger partial charge in [-0.2, -0.15) is 0 Å². The maximum Gasteiger partial charge on any atom is 0.181 e. The van der Waals surface area contributed by atoms with Crippen molar-refractivity contribution in [1.29, 1.82) is 0 Å². The van der Waals surface area contributed by atoms with E-state index in [2.05, 4.69) is 7.05 Å². The van der Waals surface area contributed by atoms with Crippen molar-refractivity contribution < 1.29 is 9.64 Å². The molecule has 1 aliphatic rings. The van der Waals surface area contributed by atoms with Crippen molar-refractivity contribution in [2.45, 2.75) is 6.42 Å². The number of hydrogen-bond acceptors (Lipinski definition) is 1. The van der Waals surface area contributed by atoms with Crippen LogP contribution in [0.2, 0.25) is 0 Å². The molecular formula is C5H12NO+. The van der Waals surface area contributed by atoms with Gasteiger partial charge in [0, 0.05) is 6.42 Å². The summed E-state index contributed by atoms with van der Waals surface area (Å²) in [6.07, 6.45) is 1.23. The van der Waals surface area contributed by atoms with E-state index in [4.69, 9.17) is 4.74 Å². The molecule has 1 unspecified atom stereocenters. The van der Waals surface area contributed by atoms with E-state index >= 15 is 0 Å². The molecule has 7 heavy (non-hydrogen) atoms. The summed E-state index contributed by atoms with van der Waals surface area (Å²) in [6, 6.07) is 0. The Hall–Kier alpha value is -0.0800. The van der Waals surface area contributed by atoms with Crippen LogP contribution in [0.4, 0.5) is 0 Å². The molecule has 2 heteroatoms. The molecule has 1 aliphatic heterocycles. The van der Waals surface area contributed by atoms with Crippen LogP contribution >= 0.6 is 0 Å². The van der Waals surface area contributed by atoms with Crippen molar-refractivity contribution in [2.24, 2.45) is 0 Å². The lowest BCUT2D eigenvalue weighted by molar-refractivity contribution is -0.908. The molecule has 0 aromatic rings. The van der Waals surface area contributed by atoms with Gasteiger partial charge in [-0.1, -0.05) is 0 Å². The summed E-state index contributed by atoms with van der Waals surface area (Å²) in [5.41, 5.74) is 0. The highest BCUT2D eigenvalue weighted by molar-refractivity contribution is 4.32. The average Bonchev–Trinajstić information content (AvgIpc) is 1.69. The number of rotatable bonds is 0. The molecule has 2 nitrogen and oxygen atoms in total. The second kappa shape index (κ2) is 2.28. The molecule has 0 radical (unpaired) electrons. The van der Waals surface area contributed by atoms with E-state index in [0.717, 1.165) is 13.3 Å². The first kappa shape index (κ1) is 5.06. The molecule has 1 rings (SSSR count). The fraction of sp³-hybridized carbons (Fsp3) is 1.00. The van der Waals surface area contributed by atoms with Crippen LogP contribution in [0.3, 0.4) is 0 Å². The van der Waals surface area contributed by atoms with Crippen LogP contribution in [0.1, 0.15) is 6.42 Å². The predicted molar refractivity (Wildman–Crippen MR) is 27.2 cm³/mol. The van der Waals surface area contributed by atoms with E-state index in [1.54, 1.807) is 0 Å². The van der Waals surface area contributed by atoms with Gasteiger partial charge in [-0.25, -0.2) is 0 Å². The first-order valence-electron chi connectivity index (χ1n) is 2.78. The van der Waals surface area contributed by atoms with E-state index < -0.39 is 0 Å². The van der Waals surface area contributed by atoms with Crippen molar-refractivity contribution in [3.8, 4) is 0 Å². The third kappa shape index (κ3) is 1.45. The molecule has 1 heterocycles. The van der Waals surface area contributed by atoms with Gasteiger partial charge in [-0.3, -0.25) is 0 Å². The zero-order chi connectivity index (χ0) is 5.11. The lowest BCUT2D eigenvalue weighted by Crippen LogP contribution is -3.10. The predicted octanol–water partition coefficient (Wildman–Crippen LogP) is -1.12. The quantitative estimate of drug-likeness (QED) is 0.409. The number of ether oxygens (including phenoxy) is 1. The van der Waals surface area contributed by atoms with Gasteiger partial charge in [0.05, 0.1) is 20.2 Å². The highest BCUT2D eigenvalue weighted by Gasteiger charge is 2.05. The maximum atomic E-state index is 5.14. The summed E-state index contributed by atoms with van der Waals surface area (Å²) in [7, 11) is 2.15. The lowest BCUT2D eigenvalue weighted by atomic mass is 10.4.